The summed E-state index contributed by atoms with van der Waals surface area (Å²) in [5.41, 5.74) is 0.646. The first-order valence-electron chi connectivity index (χ1n) is 8.63. The average molecular weight is 401 g/mol. The van der Waals surface area contributed by atoms with E-state index in [1.165, 1.54) is 4.90 Å². The van der Waals surface area contributed by atoms with Gasteiger partial charge in [0.1, 0.15) is 6.54 Å². The van der Waals surface area contributed by atoms with Crippen LogP contribution in [-0.2, 0) is 14.4 Å². The Bertz CT molecular complexity index is 782. The molecular formula is C19H17BrN2O3. The molecule has 6 atom stereocenters. The van der Waals surface area contributed by atoms with Crippen LogP contribution < -0.4 is 5.32 Å². The van der Waals surface area contributed by atoms with Gasteiger partial charge in [-0.3, -0.25) is 19.3 Å². The molecule has 1 aromatic rings. The molecule has 1 saturated heterocycles. The molecule has 3 fully saturated rings. The third kappa shape index (κ3) is 2.23. The molecule has 3 amide bonds. The van der Waals surface area contributed by atoms with Crippen LogP contribution in [0.1, 0.15) is 6.42 Å². The van der Waals surface area contributed by atoms with Gasteiger partial charge in [0.15, 0.2) is 0 Å². The van der Waals surface area contributed by atoms with Crippen LogP contribution in [-0.4, -0.2) is 29.2 Å². The molecule has 0 spiro atoms. The third-order valence-electron chi connectivity index (χ3n) is 6.18. The standard InChI is InChI=1S/C19H17BrN2O3/c20-9-1-3-10(4-2-9)21-15(23)8-22-18(24)16-11-5-6-12(14-7-13(11)14)17(16)19(22)25/h1-6,11-14,16-17H,7-8H2,(H,21,23)/t11-,12-,13-,14-,16+,17+/m0/s1. The van der Waals surface area contributed by atoms with Gasteiger partial charge in [0.05, 0.1) is 11.8 Å². The molecule has 25 heavy (non-hydrogen) atoms. The first-order chi connectivity index (χ1) is 12.0. The molecule has 0 unspecified atom stereocenters. The number of amides is 3. The zero-order valence-electron chi connectivity index (χ0n) is 13.4. The van der Waals surface area contributed by atoms with Crippen molar-refractivity contribution in [3.63, 3.8) is 0 Å². The molecule has 0 aromatic heterocycles. The number of rotatable bonds is 3. The molecule has 2 bridgehead atoms. The lowest BCUT2D eigenvalue weighted by molar-refractivity contribution is -0.142. The van der Waals surface area contributed by atoms with E-state index in [-0.39, 0.29) is 47.9 Å². The van der Waals surface area contributed by atoms with Crippen LogP contribution in [0.15, 0.2) is 40.9 Å². The Balaban J connectivity index is 1.32. The summed E-state index contributed by atoms with van der Waals surface area (Å²) in [7, 11) is 0. The number of carbonyl (C=O) groups is 3. The number of hydrogen-bond donors (Lipinski definition) is 1. The van der Waals surface area contributed by atoms with Crippen LogP contribution in [0, 0.1) is 35.5 Å². The summed E-state index contributed by atoms with van der Waals surface area (Å²) in [6.45, 7) is -0.199. The Morgan fingerprint density at radius 3 is 2.16 bits per heavy atom. The second-order valence-corrected chi connectivity index (χ2v) is 8.39. The van der Waals surface area contributed by atoms with Crippen molar-refractivity contribution in [3.05, 3.63) is 40.9 Å². The van der Waals surface area contributed by atoms with E-state index in [1.807, 2.05) is 12.1 Å². The van der Waals surface area contributed by atoms with Crippen molar-refractivity contribution in [1.29, 1.82) is 0 Å². The van der Waals surface area contributed by atoms with Gasteiger partial charge in [-0.05, 0) is 54.4 Å². The Kier molecular flexibility index (Phi) is 3.23. The van der Waals surface area contributed by atoms with E-state index in [9.17, 15) is 14.4 Å². The summed E-state index contributed by atoms with van der Waals surface area (Å²) in [6.07, 6.45) is 5.41. The van der Waals surface area contributed by atoms with E-state index in [4.69, 9.17) is 0 Å². The van der Waals surface area contributed by atoms with E-state index in [2.05, 4.69) is 33.4 Å². The molecule has 5 aliphatic rings. The van der Waals surface area contributed by atoms with Gasteiger partial charge in [-0.25, -0.2) is 0 Å². The van der Waals surface area contributed by atoms with Crippen molar-refractivity contribution in [2.75, 3.05) is 11.9 Å². The smallest absolute Gasteiger partial charge is 0.244 e. The largest absolute Gasteiger partial charge is 0.325 e. The number of nitrogens with zero attached hydrogens (tertiary/aromatic N) is 1. The van der Waals surface area contributed by atoms with Crippen molar-refractivity contribution < 1.29 is 14.4 Å². The molecule has 4 aliphatic carbocycles. The van der Waals surface area contributed by atoms with Gasteiger partial charge in [0.25, 0.3) is 0 Å². The van der Waals surface area contributed by atoms with E-state index < -0.39 is 0 Å². The fourth-order valence-electron chi connectivity index (χ4n) is 5.05. The summed E-state index contributed by atoms with van der Waals surface area (Å²) in [5, 5.41) is 2.75. The van der Waals surface area contributed by atoms with Gasteiger partial charge in [-0.1, -0.05) is 28.1 Å². The summed E-state index contributed by atoms with van der Waals surface area (Å²) < 4.78 is 0.918. The third-order valence-corrected chi connectivity index (χ3v) is 6.71. The number of nitrogens with one attached hydrogen (secondary N) is 1. The van der Waals surface area contributed by atoms with Gasteiger partial charge in [-0.2, -0.15) is 0 Å². The second-order valence-electron chi connectivity index (χ2n) is 7.47. The number of likely N-dealkylation sites (tertiary alicyclic amines) is 1. The Morgan fingerprint density at radius 1 is 1.04 bits per heavy atom. The predicted octanol–water partition coefficient (Wildman–Crippen LogP) is 2.44. The quantitative estimate of drug-likeness (QED) is 0.625. The topological polar surface area (TPSA) is 66.5 Å². The molecule has 128 valence electrons. The Hall–Kier alpha value is -1.95. The molecule has 1 aromatic carbocycles. The molecule has 1 heterocycles. The highest BCUT2D eigenvalue weighted by Crippen LogP contribution is 2.65. The molecule has 5 nitrogen and oxygen atoms in total. The van der Waals surface area contributed by atoms with Crippen molar-refractivity contribution in [2.24, 2.45) is 35.5 Å². The first-order valence-corrected chi connectivity index (χ1v) is 9.43. The van der Waals surface area contributed by atoms with Crippen LogP contribution in [0.4, 0.5) is 5.69 Å². The summed E-state index contributed by atoms with van der Waals surface area (Å²) in [5.74, 6) is 0.379. The minimum absolute atomic E-state index is 0.161. The molecule has 0 radical (unpaired) electrons. The zero-order chi connectivity index (χ0) is 17.3. The first kappa shape index (κ1) is 15.3. The highest BCUT2D eigenvalue weighted by Gasteiger charge is 2.67. The monoisotopic (exact) mass is 400 g/mol. The van der Waals surface area contributed by atoms with E-state index in [0.717, 1.165) is 10.9 Å². The maximum Gasteiger partial charge on any atom is 0.244 e. The van der Waals surface area contributed by atoms with Crippen LogP contribution in [0.5, 0.6) is 0 Å². The molecule has 6 rings (SSSR count). The van der Waals surface area contributed by atoms with Crippen molar-refractivity contribution in [2.45, 2.75) is 6.42 Å². The van der Waals surface area contributed by atoms with Gasteiger partial charge in [0, 0.05) is 10.2 Å². The summed E-state index contributed by atoms with van der Waals surface area (Å²) in [4.78, 5) is 39.1. The molecular weight excluding hydrogens is 384 g/mol. The Labute approximate surface area is 153 Å². The van der Waals surface area contributed by atoms with Crippen molar-refractivity contribution >= 4 is 39.3 Å². The van der Waals surface area contributed by atoms with Gasteiger partial charge in [0.2, 0.25) is 17.7 Å². The van der Waals surface area contributed by atoms with Crippen LogP contribution in [0.3, 0.4) is 0 Å². The van der Waals surface area contributed by atoms with Gasteiger partial charge < -0.3 is 5.32 Å². The number of allylic oxidation sites excluding steroid dienone is 2. The number of imide groups is 1. The predicted molar refractivity (Wildman–Crippen MR) is 94.2 cm³/mol. The van der Waals surface area contributed by atoms with E-state index in [1.54, 1.807) is 12.1 Å². The Morgan fingerprint density at radius 2 is 1.60 bits per heavy atom. The second kappa shape index (κ2) is 5.27. The number of carbonyl (C=O) groups excluding carboxylic acids is 3. The van der Waals surface area contributed by atoms with Gasteiger partial charge >= 0.3 is 0 Å². The number of halogens is 1. The summed E-state index contributed by atoms with van der Waals surface area (Å²) in [6, 6.07) is 7.19. The van der Waals surface area contributed by atoms with Crippen LogP contribution in [0.25, 0.3) is 0 Å². The maximum atomic E-state index is 12.8. The van der Waals surface area contributed by atoms with Crippen LogP contribution >= 0.6 is 15.9 Å². The normalized spacial score (nSPS) is 37.1. The fourth-order valence-corrected chi connectivity index (χ4v) is 5.32. The SMILES string of the molecule is O=C(CN1C(=O)[C@@H]2[C@H]3C=C[C@@H]([C@@H]4C[C@@H]34)[C@H]2C1=O)Nc1ccc(Br)cc1. The number of hydrogen-bond acceptors (Lipinski definition) is 3. The fraction of sp³-hybridized carbons (Fsp3) is 0.421. The minimum atomic E-state index is -0.340. The van der Waals surface area contributed by atoms with Crippen LogP contribution in [0.2, 0.25) is 0 Å². The zero-order valence-corrected chi connectivity index (χ0v) is 15.0. The lowest BCUT2D eigenvalue weighted by atomic mass is 9.63. The van der Waals surface area contributed by atoms with E-state index >= 15 is 0 Å². The van der Waals surface area contributed by atoms with Crippen molar-refractivity contribution in [1.82, 2.24) is 4.90 Å². The highest BCUT2D eigenvalue weighted by atomic mass is 79.9. The maximum absolute atomic E-state index is 12.8. The lowest BCUT2D eigenvalue weighted by Gasteiger charge is -2.37. The lowest BCUT2D eigenvalue weighted by Crippen LogP contribution is -2.40. The van der Waals surface area contributed by atoms with Crippen molar-refractivity contribution in [3.8, 4) is 0 Å². The highest BCUT2D eigenvalue weighted by molar-refractivity contribution is 9.10. The summed E-state index contributed by atoms with van der Waals surface area (Å²) >= 11 is 3.34. The molecule has 1 aliphatic heterocycles. The van der Waals surface area contributed by atoms with E-state index in [0.29, 0.717) is 17.5 Å². The number of anilines is 1. The average Bonchev–Trinajstić information content (AvgIpc) is 3.38. The van der Waals surface area contributed by atoms with Gasteiger partial charge in [-0.15, -0.1) is 0 Å². The molecule has 1 N–H and O–H groups in total. The number of benzene rings is 1. The minimum Gasteiger partial charge on any atom is -0.325 e. The molecule has 2 saturated carbocycles. The molecule has 6 heteroatoms.